The summed E-state index contributed by atoms with van der Waals surface area (Å²) >= 11 is 0. The molecule has 1 aliphatic rings. The van der Waals surface area contributed by atoms with E-state index in [9.17, 15) is 13.2 Å². The molecular formula is C27H35N5O5S. The van der Waals surface area contributed by atoms with Crippen molar-refractivity contribution in [1.29, 1.82) is 0 Å². The Morgan fingerprint density at radius 2 is 1.92 bits per heavy atom. The molecule has 4 rings (SSSR count). The monoisotopic (exact) mass is 541 g/mol. The molecular weight excluding hydrogens is 506 g/mol. The average molecular weight is 542 g/mol. The Labute approximate surface area is 223 Å². The lowest BCUT2D eigenvalue weighted by molar-refractivity contribution is 0.00864. The lowest BCUT2D eigenvalue weighted by Gasteiger charge is -2.36. The Kier molecular flexibility index (Phi) is 7.37. The number of pyridine rings is 3. The summed E-state index contributed by atoms with van der Waals surface area (Å²) in [7, 11) is -3.07. The summed E-state index contributed by atoms with van der Waals surface area (Å²) in [6.07, 6.45) is 5.28. The number of carbonyl (C=O) groups excluding carboxylic acids is 1. The quantitative estimate of drug-likeness (QED) is 0.301. The number of nitrogens with two attached hydrogens (primary N) is 1. The number of cyclic esters (lactones) is 1. The summed E-state index contributed by atoms with van der Waals surface area (Å²) in [4.78, 5) is 26.2. The fraction of sp³-hybridized carbons (Fsp3) is 0.481. The van der Waals surface area contributed by atoms with Crippen LogP contribution in [0.1, 0.15) is 69.1 Å². The maximum Gasteiger partial charge on any atom is 0.340 e. The number of rotatable bonds is 9. The Bertz CT molecular complexity index is 1490. The van der Waals surface area contributed by atoms with Gasteiger partial charge in [-0.3, -0.25) is 0 Å². The van der Waals surface area contributed by atoms with Crippen LogP contribution < -0.4 is 15.8 Å². The van der Waals surface area contributed by atoms with Crippen molar-refractivity contribution >= 4 is 38.2 Å². The number of carbonyl (C=O) groups is 1. The minimum absolute atomic E-state index is 0.0348. The standard InChI is InChI=1S/C27H35N5O5S/c1-7-27(5,28)20-15-30-24(36-11-8-12-38(6,34)35)19-14-29-22(13-18(19)20)31-21-10-9-17-23(32-21)26(3,4)16(2)37-25(17)33/h9-10,13-16H,7-8,11-12,28H2,1-6H3,(H,29,31,32)/t16-,27?/m0/s1. The third-order valence-electron chi connectivity index (χ3n) is 7.27. The zero-order chi connectivity index (χ0) is 27.9. The zero-order valence-electron chi connectivity index (χ0n) is 22.7. The number of nitrogens with zero attached hydrogens (tertiary/aromatic N) is 3. The van der Waals surface area contributed by atoms with Crippen LogP contribution in [0.3, 0.4) is 0 Å². The van der Waals surface area contributed by atoms with Crippen LogP contribution in [-0.2, 0) is 25.5 Å². The molecule has 11 heteroatoms. The van der Waals surface area contributed by atoms with E-state index in [0.29, 0.717) is 47.0 Å². The molecule has 0 saturated heterocycles. The van der Waals surface area contributed by atoms with E-state index in [1.54, 1.807) is 24.5 Å². The maximum absolute atomic E-state index is 12.4. The fourth-order valence-corrected chi connectivity index (χ4v) is 4.95. The molecule has 0 aliphatic carbocycles. The van der Waals surface area contributed by atoms with Gasteiger partial charge in [-0.25, -0.2) is 28.2 Å². The molecule has 3 aromatic rings. The Morgan fingerprint density at radius 1 is 1.18 bits per heavy atom. The van der Waals surface area contributed by atoms with E-state index < -0.39 is 20.8 Å². The second kappa shape index (κ2) is 10.1. The third-order valence-corrected chi connectivity index (χ3v) is 8.30. The van der Waals surface area contributed by atoms with Crippen LogP contribution in [0.15, 0.2) is 30.6 Å². The summed E-state index contributed by atoms with van der Waals surface area (Å²) in [5.74, 6) is 1.11. The highest BCUT2D eigenvalue weighted by molar-refractivity contribution is 7.90. The van der Waals surface area contributed by atoms with Crippen LogP contribution in [0.25, 0.3) is 10.8 Å². The van der Waals surface area contributed by atoms with Gasteiger partial charge in [0.25, 0.3) is 0 Å². The van der Waals surface area contributed by atoms with Crippen molar-refractivity contribution in [1.82, 2.24) is 15.0 Å². The summed E-state index contributed by atoms with van der Waals surface area (Å²) in [5, 5.41) is 4.75. The molecule has 38 heavy (non-hydrogen) atoms. The zero-order valence-corrected chi connectivity index (χ0v) is 23.5. The second-order valence-corrected chi connectivity index (χ2v) is 12.9. The van der Waals surface area contributed by atoms with Crippen molar-refractivity contribution in [2.45, 2.75) is 64.5 Å². The first-order valence-corrected chi connectivity index (χ1v) is 14.7. The molecule has 0 saturated carbocycles. The largest absolute Gasteiger partial charge is 0.477 e. The molecule has 0 bridgehead atoms. The number of anilines is 2. The first kappa shape index (κ1) is 27.7. The van der Waals surface area contributed by atoms with E-state index in [1.807, 2.05) is 40.7 Å². The molecule has 0 fully saturated rings. The molecule has 3 aromatic heterocycles. The number of hydrogen-bond donors (Lipinski definition) is 2. The normalized spacial score (nSPS) is 18.4. The highest BCUT2D eigenvalue weighted by Gasteiger charge is 2.41. The molecule has 1 aliphatic heterocycles. The van der Waals surface area contributed by atoms with Gasteiger partial charge in [-0.1, -0.05) is 20.8 Å². The van der Waals surface area contributed by atoms with Crippen molar-refractivity contribution in [2.75, 3.05) is 23.9 Å². The molecule has 0 aromatic carbocycles. The summed E-state index contributed by atoms with van der Waals surface area (Å²) in [6, 6.07) is 5.31. The van der Waals surface area contributed by atoms with Crippen molar-refractivity contribution < 1.29 is 22.7 Å². The van der Waals surface area contributed by atoms with Crippen LogP contribution in [-0.4, -0.2) is 54.1 Å². The molecule has 204 valence electrons. The van der Waals surface area contributed by atoms with E-state index in [1.165, 1.54) is 6.26 Å². The van der Waals surface area contributed by atoms with Crippen LogP contribution in [0.4, 0.5) is 11.6 Å². The van der Waals surface area contributed by atoms with Gasteiger partial charge in [0.05, 0.1) is 29.0 Å². The molecule has 0 amide bonds. The summed E-state index contributed by atoms with van der Waals surface area (Å²) in [6.45, 7) is 10.0. The number of fused-ring (bicyclic) bond motifs is 2. The van der Waals surface area contributed by atoms with Crippen LogP contribution in [0.2, 0.25) is 0 Å². The van der Waals surface area contributed by atoms with E-state index in [2.05, 4.69) is 15.3 Å². The van der Waals surface area contributed by atoms with Crippen molar-refractivity contribution in [3.63, 3.8) is 0 Å². The van der Waals surface area contributed by atoms with E-state index in [-0.39, 0.29) is 24.4 Å². The molecule has 3 N–H and O–H groups in total. The minimum atomic E-state index is -3.07. The smallest absolute Gasteiger partial charge is 0.340 e. The fourth-order valence-electron chi connectivity index (χ4n) is 4.31. The summed E-state index contributed by atoms with van der Waals surface area (Å²) < 4.78 is 34.2. The SMILES string of the molecule is CCC(C)(N)c1cnc(OCCCS(C)(=O)=O)c2cnc(Nc3ccc4c(n3)C(C)(C)[C@H](C)OC4=O)cc12. The first-order chi connectivity index (χ1) is 17.7. The van der Waals surface area contributed by atoms with Gasteiger partial charge in [-0.05, 0) is 55.8 Å². The molecule has 10 nitrogen and oxygen atoms in total. The summed E-state index contributed by atoms with van der Waals surface area (Å²) in [5.41, 5.74) is 7.47. The van der Waals surface area contributed by atoms with E-state index in [0.717, 1.165) is 10.9 Å². The van der Waals surface area contributed by atoms with Gasteiger partial charge >= 0.3 is 5.97 Å². The highest BCUT2D eigenvalue weighted by Crippen LogP contribution is 2.37. The number of esters is 1. The van der Waals surface area contributed by atoms with Gasteiger partial charge in [0.1, 0.15) is 27.6 Å². The molecule has 0 radical (unpaired) electrons. The topological polar surface area (TPSA) is 146 Å². The Balaban J connectivity index is 1.70. The maximum atomic E-state index is 12.4. The van der Waals surface area contributed by atoms with Gasteiger partial charge in [-0.15, -0.1) is 0 Å². The number of hydrogen-bond acceptors (Lipinski definition) is 10. The van der Waals surface area contributed by atoms with Crippen molar-refractivity contribution in [3.8, 4) is 5.88 Å². The molecule has 2 atom stereocenters. The van der Waals surface area contributed by atoms with Gasteiger partial charge in [-0.2, -0.15) is 0 Å². The lowest BCUT2D eigenvalue weighted by atomic mass is 9.79. The van der Waals surface area contributed by atoms with Gasteiger partial charge < -0.3 is 20.5 Å². The van der Waals surface area contributed by atoms with E-state index >= 15 is 0 Å². The van der Waals surface area contributed by atoms with Crippen LogP contribution in [0, 0.1) is 0 Å². The number of nitrogens with one attached hydrogen (secondary N) is 1. The average Bonchev–Trinajstić information content (AvgIpc) is 2.84. The molecule has 0 spiro atoms. The lowest BCUT2D eigenvalue weighted by Crippen LogP contribution is -2.42. The Hall–Kier alpha value is -3.31. The minimum Gasteiger partial charge on any atom is -0.477 e. The Morgan fingerprint density at radius 3 is 2.61 bits per heavy atom. The second-order valence-electron chi connectivity index (χ2n) is 10.7. The number of ether oxygens (including phenoxy) is 2. The van der Waals surface area contributed by atoms with Gasteiger partial charge in [0.15, 0.2) is 0 Å². The first-order valence-electron chi connectivity index (χ1n) is 12.6. The number of sulfone groups is 1. The van der Waals surface area contributed by atoms with E-state index in [4.69, 9.17) is 20.2 Å². The van der Waals surface area contributed by atoms with Crippen LogP contribution >= 0.6 is 0 Å². The molecule has 4 heterocycles. The predicted molar refractivity (Wildman–Crippen MR) is 147 cm³/mol. The van der Waals surface area contributed by atoms with Crippen molar-refractivity contribution in [2.24, 2.45) is 5.73 Å². The number of aromatic nitrogens is 3. The molecule has 1 unspecified atom stereocenters. The van der Waals surface area contributed by atoms with Gasteiger partial charge in [0, 0.05) is 29.6 Å². The van der Waals surface area contributed by atoms with Crippen LogP contribution in [0.5, 0.6) is 5.88 Å². The van der Waals surface area contributed by atoms with Crippen molar-refractivity contribution in [3.05, 3.63) is 47.4 Å². The third kappa shape index (κ3) is 5.58. The predicted octanol–water partition coefficient (Wildman–Crippen LogP) is 4.00. The highest BCUT2D eigenvalue weighted by atomic mass is 32.2. The van der Waals surface area contributed by atoms with Gasteiger partial charge in [0.2, 0.25) is 5.88 Å².